The Morgan fingerprint density at radius 1 is 1.32 bits per heavy atom. The monoisotopic (exact) mass is 316 g/mol. The summed E-state index contributed by atoms with van der Waals surface area (Å²) < 4.78 is 5.73. The summed E-state index contributed by atoms with van der Waals surface area (Å²) >= 11 is 1.16. The fraction of sp³-hybridized carbons (Fsp3) is 0.467. The van der Waals surface area contributed by atoms with Crippen LogP contribution in [0.1, 0.15) is 33.4 Å². The topological polar surface area (TPSA) is 68.1 Å². The first-order valence-electron chi connectivity index (χ1n) is 7.41. The number of pyridine rings is 1. The first-order valence-corrected chi connectivity index (χ1v) is 8.19. The van der Waals surface area contributed by atoms with E-state index in [-0.39, 0.29) is 17.4 Å². The van der Waals surface area contributed by atoms with Gasteiger partial charge in [0.15, 0.2) is 0 Å². The van der Waals surface area contributed by atoms with Crippen molar-refractivity contribution in [2.24, 2.45) is 5.92 Å². The molecule has 0 aliphatic carbocycles. The molecule has 2 aromatic rings. The number of fused-ring (bicyclic) bond motifs is 4. The van der Waals surface area contributed by atoms with Gasteiger partial charge in [-0.15, -0.1) is 5.10 Å². The largest absolute Gasteiger partial charge is 0.337 e. The Labute approximate surface area is 131 Å². The van der Waals surface area contributed by atoms with Crippen LogP contribution in [0.2, 0.25) is 0 Å². The maximum atomic E-state index is 12.7. The van der Waals surface area contributed by atoms with Crippen LogP contribution in [0.3, 0.4) is 0 Å². The predicted molar refractivity (Wildman–Crippen MR) is 82.1 cm³/mol. The van der Waals surface area contributed by atoms with Crippen LogP contribution in [0, 0.1) is 12.8 Å². The Hall–Kier alpha value is -2.02. The van der Waals surface area contributed by atoms with Gasteiger partial charge in [-0.05, 0) is 36.9 Å². The van der Waals surface area contributed by atoms with Crippen molar-refractivity contribution < 1.29 is 4.79 Å². The molecule has 22 heavy (non-hydrogen) atoms. The highest BCUT2D eigenvalue weighted by atomic mass is 32.1. The van der Waals surface area contributed by atoms with Crippen LogP contribution in [0.5, 0.6) is 0 Å². The lowest BCUT2D eigenvalue weighted by molar-refractivity contribution is 0.0598. The van der Waals surface area contributed by atoms with Gasteiger partial charge in [0.25, 0.3) is 11.5 Å². The second-order valence-electron chi connectivity index (χ2n) is 6.10. The summed E-state index contributed by atoms with van der Waals surface area (Å²) in [7, 11) is 0. The number of amides is 1. The van der Waals surface area contributed by atoms with Crippen LogP contribution >= 0.6 is 11.5 Å². The van der Waals surface area contributed by atoms with Crippen LogP contribution in [-0.4, -0.2) is 38.1 Å². The Bertz CT molecular complexity index is 797. The number of hydrogen-bond acceptors (Lipinski definition) is 5. The van der Waals surface area contributed by atoms with Gasteiger partial charge in [0.2, 0.25) is 0 Å². The zero-order chi connectivity index (χ0) is 15.3. The predicted octanol–water partition coefficient (Wildman–Crippen LogP) is 1.27. The van der Waals surface area contributed by atoms with Gasteiger partial charge < -0.3 is 9.47 Å². The molecular formula is C15H16N4O2S. The lowest BCUT2D eigenvalue weighted by atomic mass is 9.83. The van der Waals surface area contributed by atoms with Crippen molar-refractivity contribution in [1.82, 2.24) is 19.1 Å². The second-order valence-corrected chi connectivity index (χ2v) is 6.85. The zero-order valence-corrected chi connectivity index (χ0v) is 13.0. The van der Waals surface area contributed by atoms with E-state index in [1.807, 2.05) is 28.5 Å². The number of rotatable bonds is 1. The number of hydrogen-bond donors (Lipinski definition) is 0. The van der Waals surface area contributed by atoms with E-state index in [4.69, 9.17) is 0 Å². The summed E-state index contributed by atoms with van der Waals surface area (Å²) in [6.45, 7) is 3.88. The summed E-state index contributed by atoms with van der Waals surface area (Å²) in [5, 5.41) is 3.93. The lowest BCUT2D eigenvalue weighted by Gasteiger charge is -2.42. The van der Waals surface area contributed by atoms with E-state index in [2.05, 4.69) is 9.59 Å². The molecule has 4 rings (SSSR count). The summed E-state index contributed by atoms with van der Waals surface area (Å²) in [4.78, 5) is 27.2. The molecule has 0 saturated carbocycles. The van der Waals surface area contributed by atoms with Crippen LogP contribution in [0.15, 0.2) is 23.0 Å². The van der Waals surface area contributed by atoms with Crippen LogP contribution in [0.25, 0.3) is 0 Å². The normalized spacial score (nSPS) is 23.2. The number of likely N-dealkylation sites (tertiary alicyclic amines) is 1. The Kier molecular flexibility index (Phi) is 3.11. The molecule has 6 nitrogen and oxygen atoms in total. The molecule has 1 saturated heterocycles. The standard InChI is InChI=1S/C15H16N4O2S/c1-9-14(22-17-16-9)15(21)18-6-10-5-11(8-18)12-3-2-4-13(20)19(12)7-10/h2-4,10-11H,5-8H2,1H3/t10-,11+/m1/s1. The van der Waals surface area contributed by atoms with Crippen molar-refractivity contribution in [2.45, 2.75) is 25.8 Å². The van der Waals surface area contributed by atoms with Crippen LogP contribution in [0.4, 0.5) is 0 Å². The minimum Gasteiger partial charge on any atom is -0.337 e. The number of piperidine rings is 1. The third kappa shape index (κ3) is 2.08. The second kappa shape index (κ2) is 5.01. The highest BCUT2D eigenvalue weighted by molar-refractivity contribution is 7.07. The van der Waals surface area contributed by atoms with E-state index in [0.29, 0.717) is 36.1 Å². The average molecular weight is 316 g/mol. The van der Waals surface area contributed by atoms with E-state index < -0.39 is 0 Å². The molecule has 0 unspecified atom stereocenters. The zero-order valence-electron chi connectivity index (χ0n) is 12.2. The molecule has 2 aliphatic heterocycles. The summed E-state index contributed by atoms with van der Waals surface area (Å²) in [5.74, 6) is 0.608. The van der Waals surface area contributed by atoms with Crippen molar-refractivity contribution in [3.05, 3.63) is 44.8 Å². The highest BCUT2D eigenvalue weighted by Crippen LogP contribution is 2.35. The lowest BCUT2D eigenvalue weighted by Crippen LogP contribution is -2.49. The van der Waals surface area contributed by atoms with Gasteiger partial charge in [-0.3, -0.25) is 9.59 Å². The number of nitrogens with zero attached hydrogens (tertiary/aromatic N) is 4. The molecule has 0 spiro atoms. The maximum absolute atomic E-state index is 12.7. The van der Waals surface area contributed by atoms with Gasteiger partial charge in [-0.2, -0.15) is 0 Å². The van der Waals surface area contributed by atoms with E-state index >= 15 is 0 Å². The van der Waals surface area contributed by atoms with Crippen molar-refractivity contribution in [2.75, 3.05) is 13.1 Å². The minimum absolute atomic E-state index is 0.0222. The maximum Gasteiger partial charge on any atom is 0.267 e. The molecule has 0 aromatic carbocycles. The summed E-state index contributed by atoms with van der Waals surface area (Å²) in [6.07, 6.45) is 1.05. The Morgan fingerprint density at radius 3 is 2.95 bits per heavy atom. The number of aromatic nitrogens is 3. The van der Waals surface area contributed by atoms with Gasteiger partial charge in [0.1, 0.15) is 4.88 Å². The highest BCUT2D eigenvalue weighted by Gasteiger charge is 2.37. The van der Waals surface area contributed by atoms with E-state index in [1.54, 1.807) is 6.07 Å². The van der Waals surface area contributed by atoms with Crippen molar-refractivity contribution in [3.63, 3.8) is 0 Å². The smallest absolute Gasteiger partial charge is 0.267 e. The average Bonchev–Trinajstić information content (AvgIpc) is 2.93. The molecule has 2 aliphatic rings. The quantitative estimate of drug-likeness (QED) is 0.794. The third-order valence-electron chi connectivity index (χ3n) is 4.61. The Morgan fingerprint density at radius 2 is 2.18 bits per heavy atom. The molecule has 2 aromatic heterocycles. The van der Waals surface area contributed by atoms with Gasteiger partial charge in [0.05, 0.1) is 5.69 Å². The SMILES string of the molecule is Cc1nnsc1C(=O)N1C[C@H]2C[C@@H](C1)c1cccc(=O)n1C2. The molecule has 4 heterocycles. The molecule has 7 heteroatoms. The van der Waals surface area contributed by atoms with Gasteiger partial charge >= 0.3 is 0 Å². The molecule has 2 atom stereocenters. The molecule has 0 N–H and O–H groups in total. The van der Waals surface area contributed by atoms with E-state index in [1.165, 1.54) is 0 Å². The van der Waals surface area contributed by atoms with Gasteiger partial charge in [0, 0.05) is 37.3 Å². The molecule has 114 valence electrons. The summed E-state index contributed by atoms with van der Waals surface area (Å²) in [5.41, 5.74) is 1.82. The number of aryl methyl sites for hydroxylation is 1. The number of carbonyl (C=O) groups excluding carboxylic acids is 1. The van der Waals surface area contributed by atoms with Crippen molar-refractivity contribution >= 4 is 17.4 Å². The third-order valence-corrected chi connectivity index (χ3v) is 5.43. The van der Waals surface area contributed by atoms with Crippen LogP contribution < -0.4 is 5.56 Å². The molecular weight excluding hydrogens is 300 g/mol. The van der Waals surface area contributed by atoms with Gasteiger partial charge in [-0.25, -0.2) is 0 Å². The first-order chi connectivity index (χ1) is 10.6. The fourth-order valence-electron chi connectivity index (χ4n) is 3.63. The van der Waals surface area contributed by atoms with Crippen molar-refractivity contribution in [3.8, 4) is 0 Å². The molecule has 1 fully saturated rings. The first kappa shape index (κ1) is 13.6. The molecule has 0 radical (unpaired) electrons. The van der Waals surface area contributed by atoms with Gasteiger partial charge in [-0.1, -0.05) is 10.6 Å². The van der Waals surface area contributed by atoms with Crippen molar-refractivity contribution in [1.29, 1.82) is 0 Å². The van der Waals surface area contributed by atoms with Crippen LogP contribution in [-0.2, 0) is 6.54 Å². The fourth-order valence-corrected chi connectivity index (χ4v) is 4.26. The molecule has 1 amide bonds. The Balaban J connectivity index is 1.65. The van der Waals surface area contributed by atoms with E-state index in [9.17, 15) is 9.59 Å². The molecule has 2 bridgehead atoms. The summed E-state index contributed by atoms with van der Waals surface area (Å²) in [6, 6.07) is 5.43. The van der Waals surface area contributed by atoms with E-state index in [0.717, 1.165) is 23.6 Å². The number of carbonyl (C=O) groups is 1. The minimum atomic E-state index is 0.0222.